The second kappa shape index (κ2) is 7.10. The van der Waals surface area contributed by atoms with Gasteiger partial charge in [0.15, 0.2) is 5.65 Å². The van der Waals surface area contributed by atoms with Crippen molar-refractivity contribution in [1.82, 2.24) is 24.3 Å². The monoisotopic (exact) mass is 442 g/mol. The van der Waals surface area contributed by atoms with Crippen LogP contribution in [-0.2, 0) is 26.6 Å². The number of thiazole rings is 1. The summed E-state index contributed by atoms with van der Waals surface area (Å²) in [4.78, 5) is 36.6. The molecule has 0 saturated heterocycles. The molecule has 5 heterocycles. The molecule has 6 rings (SSSR count). The summed E-state index contributed by atoms with van der Waals surface area (Å²) in [7, 11) is 1.86. The number of hydrogen-bond donors (Lipinski definition) is 1. The minimum Gasteiger partial charge on any atom is -0.329 e. The fourth-order valence-electron chi connectivity index (χ4n) is 4.30. The molecule has 0 saturated carbocycles. The summed E-state index contributed by atoms with van der Waals surface area (Å²) >= 11 is 1.53. The van der Waals surface area contributed by atoms with Crippen LogP contribution in [0.5, 0.6) is 0 Å². The highest BCUT2D eigenvalue weighted by molar-refractivity contribution is 7.19. The van der Waals surface area contributed by atoms with Crippen LogP contribution in [0, 0.1) is 0 Å². The molecule has 158 valence electrons. The summed E-state index contributed by atoms with van der Waals surface area (Å²) in [5, 5.41) is 6.17. The lowest BCUT2D eigenvalue weighted by molar-refractivity contribution is 0.643. The zero-order chi connectivity index (χ0) is 21.8. The molecule has 0 bridgehead atoms. The molecule has 0 aliphatic carbocycles. The van der Waals surface area contributed by atoms with E-state index in [1.165, 1.54) is 21.6 Å². The molecule has 5 aromatic rings. The third-order valence-electron chi connectivity index (χ3n) is 5.85. The van der Waals surface area contributed by atoms with Gasteiger partial charge in [-0.1, -0.05) is 18.2 Å². The Morgan fingerprint density at radius 3 is 3.00 bits per heavy atom. The van der Waals surface area contributed by atoms with Crippen LogP contribution in [0.25, 0.3) is 21.3 Å². The van der Waals surface area contributed by atoms with Crippen molar-refractivity contribution >= 4 is 38.8 Å². The molecule has 4 aromatic heterocycles. The fourth-order valence-corrected chi connectivity index (χ4v) is 5.44. The van der Waals surface area contributed by atoms with Gasteiger partial charge in [0, 0.05) is 42.9 Å². The number of pyridine rings is 1. The van der Waals surface area contributed by atoms with Crippen LogP contribution < -0.4 is 11.1 Å². The Balaban J connectivity index is 1.41. The van der Waals surface area contributed by atoms with Crippen molar-refractivity contribution in [2.24, 2.45) is 12.0 Å². The molecule has 0 spiro atoms. The van der Waals surface area contributed by atoms with Gasteiger partial charge in [-0.15, -0.1) is 11.3 Å². The molecule has 0 fully saturated rings. The van der Waals surface area contributed by atoms with E-state index in [-0.39, 0.29) is 11.1 Å². The van der Waals surface area contributed by atoms with Crippen LogP contribution in [0.3, 0.4) is 0 Å². The highest BCUT2D eigenvalue weighted by Gasteiger charge is 2.19. The Labute approximate surface area is 185 Å². The van der Waals surface area contributed by atoms with Crippen LogP contribution >= 0.6 is 11.3 Å². The summed E-state index contributed by atoms with van der Waals surface area (Å²) in [5.74, 6) is 0. The van der Waals surface area contributed by atoms with Crippen molar-refractivity contribution in [2.75, 3.05) is 0 Å². The lowest BCUT2D eigenvalue weighted by Crippen LogP contribution is -2.25. The number of rotatable bonds is 4. The Bertz CT molecular complexity index is 1670. The molecular formula is C23H18N6O2S. The third-order valence-corrected chi connectivity index (χ3v) is 6.93. The smallest absolute Gasteiger partial charge is 0.291 e. The predicted molar refractivity (Wildman–Crippen MR) is 125 cm³/mol. The summed E-state index contributed by atoms with van der Waals surface area (Å²) in [5.41, 5.74) is 5.27. The second-order valence-electron chi connectivity index (χ2n) is 7.89. The van der Waals surface area contributed by atoms with E-state index in [4.69, 9.17) is 4.98 Å². The average Bonchev–Trinajstić information content (AvgIpc) is 3.47. The number of aromatic amines is 1. The van der Waals surface area contributed by atoms with Gasteiger partial charge in [0.25, 0.3) is 5.56 Å². The lowest BCUT2D eigenvalue weighted by Gasteiger charge is -2.09. The normalized spacial score (nSPS) is 12.8. The summed E-state index contributed by atoms with van der Waals surface area (Å²) < 4.78 is 4.29. The van der Waals surface area contributed by atoms with E-state index in [1.54, 1.807) is 18.5 Å². The standard InChI is InChI=1S/C23H18N6O2S/c1-28-20-17(21-22(28)27-19(32-21)8-13-5-6-25-18(30)7-13)11-26-29(23(20)31)12-15-4-2-3-14-9-24-10-16(14)15/h2-7,10-11H,8-9,12H2,1H3,(H,25,30). The number of H-pyrrole nitrogens is 1. The van der Waals surface area contributed by atoms with Gasteiger partial charge in [-0.3, -0.25) is 14.6 Å². The van der Waals surface area contributed by atoms with Crippen molar-refractivity contribution in [1.29, 1.82) is 0 Å². The van der Waals surface area contributed by atoms with Gasteiger partial charge in [0.2, 0.25) is 5.56 Å². The highest BCUT2D eigenvalue weighted by Crippen LogP contribution is 2.31. The predicted octanol–water partition coefficient (Wildman–Crippen LogP) is 2.60. The first kappa shape index (κ1) is 18.9. The maximum Gasteiger partial charge on any atom is 0.291 e. The molecule has 1 aromatic carbocycles. The number of hydrogen-bond acceptors (Lipinski definition) is 6. The Hall–Kier alpha value is -3.85. The molecule has 0 atom stereocenters. The largest absolute Gasteiger partial charge is 0.329 e. The van der Waals surface area contributed by atoms with E-state index < -0.39 is 0 Å². The van der Waals surface area contributed by atoms with E-state index in [2.05, 4.69) is 21.1 Å². The zero-order valence-corrected chi connectivity index (χ0v) is 18.0. The first-order chi connectivity index (χ1) is 15.6. The van der Waals surface area contributed by atoms with E-state index >= 15 is 0 Å². The Morgan fingerprint density at radius 1 is 1.22 bits per heavy atom. The van der Waals surface area contributed by atoms with Crippen molar-refractivity contribution in [3.8, 4) is 0 Å². The van der Waals surface area contributed by atoms with Crippen molar-refractivity contribution in [2.45, 2.75) is 19.5 Å². The van der Waals surface area contributed by atoms with Crippen LogP contribution in [0.1, 0.15) is 27.3 Å². The Morgan fingerprint density at radius 2 is 2.12 bits per heavy atom. The van der Waals surface area contributed by atoms with Crippen molar-refractivity contribution < 1.29 is 0 Å². The molecule has 0 unspecified atom stereocenters. The lowest BCUT2D eigenvalue weighted by atomic mass is 10.0. The molecular weight excluding hydrogens is 424 g/mol. The average molecular weight is 443 g/mol. The Kier molecular flexibility index (Phi) is 4.19. The number of benzene rings is 1. The number of aliphatic imine (C=N–C) groups is 1. The molecule has 0 radical (unpaired) electrons. The summed E-state index contributed by atoms with van der Waals surface area (Å²) in [6, 6.07) is 9.52. The minimum atomic E-state index is -0.140. The van der Waals surface area contributed by atoms with Crippen molar-refractivity contribution in [3.05, 3.63) is 90.7 Å². The number of aromatic nitrogens is 5. The molecule has 1 N–H and O–H groups in total. The van der Waals surface area contributed by atoms with Crippen LogP contribution in [0.15, 0.2) is 57.3 Å². The molecule has 8 nitrogen and oxygen atoms in total. The van der Waals surface area contributed by atoms with Gasteiger partial charge in [0.05, 0.1) is 24.0 Å². The van der Waals surface area contributed by atoms with E-state index in [0.29, 0.717) is 25.0 Å². The molecule has 1 aliphatic rings. The molecule has 0 amide bonds. The van der Waals surface area contributed by atoms with Gasteiger partial charge in [-0.2, -0.15) is 5.10 Å². The van der Waals surface area contributed by atoms with Gasteiger partial charge in [-0.05, 0) is 22.8 Å². The van der Waals surface area contributed by atoms with Crippen LogP contribution in [0.4, 0.5) is 0 Å². The zero-order valence-electron chi connectivity index (χ0n) is 17.2. The number of aryl methyl sites for hydroxylation is 1. The highest BCUT2D eigenvalue weighted by atomic mass is 32.1. The van der Waals surface area contributed by atoms with Gasteiger partial charge >= 0.3 is 0 Å². The van der Waals surface area contributed by atoms with Crippen LogP contribution in [0.2, 0.25) is 0 Å². The molecule has 1 aliphatic heterocycles. The van der Waals surface area contributed by atoms with E-state index in [0.717, 1.165) is 37.4 Å². The van der Waals surface area contributed by atoms with E-state index in [9.17, 15) is 9.59 Å². The number of fused-ring (bicyclic) bond motifs is 4. The minimum absolute atomic E-state index is 0.130. The van der Waals surface area contributed by atoms with Gasteiger partial charge in [-0.25, -0.2) is 9.67 Å². The van der Waals surface area contributed by atoms with E-state index in [1.807, 2.05) is 36.0 Å². The first-order valence-electron chi connectivity index (χ1n) is 10.2. The first-order valence-corrected chi connectivity index (χ1v) is 11.0. The number of nitrogens with one attached hydrogen (secondary N) is 1. The second-order valence-corrected chi connectivity index (χ2v) is 8.97. The summed E-state index contributed by atoms with van der Waals surface area (Å²) in [6.45, 7) is 1.08. The fraction of sp³-hybridized carbons (Fsp3) is 0.174. The summed E-state index contributed by atoms with van der Waals surface area (Å²) in [6.07, 6.45) is 5.83. The maximum atomic E-state index is 13.3. The van der Waals surface area contributed by atoms with Crippen molar-refractivity contribution in [3.63, 3.8) is 0 Å². The van der Waals surface area contributed by atoms with Crippen LogP contribution in [-0.4, -0.2) is 30.5 Å². The maximum absolute atomic E-state index is 13.3. The van der Waals surface area contributed by atoms with Gasteiger partial charge < -0.3 is 9.55 Å². The molecule has 9 heteroatoms. The topological polar surface area (TPSA) is 97.9 Å². The van der Waals surface area contributed by atoms with Gasteiger partial charge in [0.1, 0.15) is 10.5 Å². The SMILES string of the molecule is Cn1c2nc(Cc3cc[nH]c(=O)c3)sc2c2cnn(Cc3cccc4c3C=NC4)c(=O)c21. The quantitative estimate of drug-likeness (QED) is 0.463. The third kappa shape index (κ3) is 2.93. The molecule has 32 heavy (non-hydrogen) atoms. The number of nitrogens with zero attached hydrogens (tertiary/aromatic N) is 5.